The lowest BCUT2D eigenvalue weighted by molar-refractivity contribution is 0.311. The van der Waals surface area contributed by atoms with Crippen molar-refractivity contribution in [1.29, 1.82) is 0 Å². The highest BCUT2D eigenvalue weighted by Gasteiger charge is 2.14. The number of allylic oxidation sites excluding steroid dienone is 4. The number of rotatable bonds is 2. The largest absolute Gasteiger partial charge is 0.507 e. The van der Waals surface area contributed by atoms with Gasteiger partial charge in [0.2, 0.25) is 0 Å². The van der Waals surface area contributed by atoms with Gasteiger partial charge in [-0.1, -0.05) is 39.0 Å². The van der Waals surface area contributed by atoms with Crippen LogP contribution in [0, 0.1) is 11.8 Å². The summed E-state index contributed by atoms with van der Waals surface area (Å²) < 4.78 is 0. The summed E-state index contributed by atoms with van der Waals surface area (Å²) in [5.74, 6) is 0.769. The molecular formula is C12H18O2. The van der Waals surface area contributed by atoms with E-state index in [4.69, 9.17) is 5.11 Å². The van der Waals surface area contributed by atoms with Crippen LogP contribution >= 0.6 is 0 Å². The van der Waals surface area contributed by atoms with Crippen molar-refractivity contribution in [1.82, 2.24) is 0 Å². The predicted octanol–water partition coefficient (Wildman–Crippen LogP) is 2.58. The molecule has 1 unspecified atom stereocenters. The van der Waals surface area contributed by atoms with E-state index in [1.54, 1.807) is 0 Å². The molecule has 0 fully saturated rings. The maximum Gasteiger partial charge on any atom is 0.124 e. The molecule has 0 aromatic heterocycles. The molecule has 0 amide bonds. The average Bonchev–Trinajstić information content (AvgIpc) is 2.26. The number of hydrogen-bond donors (Lipinski definition) is 2. The molecule has 14 heavy (non-hydrogen) atoms. The zero-order valence-electron chi connectivity index (χ0n) is 8.99. The first kappa shape index (κ1) is 11.1. The zero-order valence-corrected chi connectivity index (χ0v) is 8.99. The molecule has 0 radical (unpaired) electrons. The van der Waals surface area contributed by atoms with Crippen LogP contribution in [0.25, 0.3) is 0 Å². The predicted molar refractivity (Wildman–Crippen MR) is 58.0 cm³/mol. The standard InChI is InChI=1S/C12H18O2/c1-8(2)11-5-4-9(3)6-10(7-13)12(11)14/h4-6,8-9,13-14H,7H2,1-3H3. The van der Waals surface area contributed by atoms with E-state index in [9.17, 15) is 5.11 Å². The van der Waals surface area contributed by atoms with Crippen molar-refractivity contribution in [2.24, 2.45) is 11.8 Å². The fourth-order valence-corrected chi connectivity index (χ4v) is 1.57. The van der Waals surface area contributed by atoms with Crippen molar-refractivity contribution in [2.45, 2.75) is 20.8 Å². The third-order valence-corrected chi connectivity index (χ3v) is 2.41. The van der Waals surface area contributed by atoms with Gasteiger partial charge in [-0.05, 0) is 17.4 Å². The van der Waals surface area contributed by atoms with E-state index in [1.807, 2.05) is 39.0 Å². The van der Waals surface area contributed by atoms with Gasteiger partial charge < -0.3 is 10.2 Å². The third-order valence-electron chi connectivity index (χ3n) is 2.41. The van der Waals surface area contributed by atoms with Crippen LogP contribution in [0.2, 0.25) is 0 Å². The summed E-state index contributed by atoms with van der Waals surface area (Å²) in [6.07, 6.45) is 5.87. The summed E-state index contributed by atoms with van der Waals surface area (Å²) in [6, 6.07) is 0. The minimum Gasteiger partial charge on any atom is -0.507 e. The molecule has 1 atom stereocenters. The molecule has 2 N–H and O–H groups in total. The lowest BCUT2D eigenvalue weighted by atomic mass is 9.99. The zero-order chi connectivity index (χ0) is 10.7. The van der Waals surface area contributed by atoms with Crippen LogP contribution in [0.15, 0.2) is 35.1 Å². The van der Waals surface area contributed by atoms with Gasteiger partial charge in [-0.15, -0.1) is 0 Å². The Kier molecular flexibility index (Phi) is 3.53. The molecule has 0 aliphatic heterocycles. The van der Waals surface area contributed by atoms with E-state index in [1.165, 1.54) is 0 Å². The van der Waals surface area contributed by atoms with Gasteiger partial charge in [0.1, 0.15) is 5.76 Å². The van der Waals surface area contributed by atoms with Crippen molar-refractivity contribution in [2.75, 3.05) is 6.61 Å². The molecule has 2 heteroatoms. The maximum atomic E-state index is 9.90. The lowest BCUT2D eigenvalue weighted by Gasteiger charge is -2.10. The molecule has 78 valence electrons. The molecule has 0 spiro atoms. The summed E-state index contributed by atoms with van der Waals surface area (Å²) in [5.41, 5.74) is 1.53. The summed E-state index contributed by atoms with van der Waals surface area (Å²) >= 11 is 0. The summed E-state index contributed by atoms with van der Waals surface area (Å²) in [5, 5.41) is 19.0. The van der Waals surface area contributed by atoms with Crippen LogP contribution in [0.4, 0.5) is 0 Å². The quantitative estimate of drug-likeness (QED) is 0.709. The van der Waals surface area contributed by atoms with E-state index in [0.29, 0.717) is 5.57 Å². The first-order valence-corrected chi connectivity index (χ1v) is 4.99. The summed E-state index contributed by atoms with van der Waals surface area (Å²) in [6.45, 7) is 5.98. The molecule has 2 nitrogen and oxygen atoms in total. The monoisotopic (exact) mass is 194 g/mol. The maximum absolute atomic E-state index is 9.90. The van der Waals surface area contributed by atoms with Gasteiger partial charge in [0.25, 0.3) is 0 Å². The minimum absolute atomic E-state index is 0.103. The number of aliphatic hydroxyl groups is 2. The highest BCUT2D eigenvalue weighted by Crippen LogP contribution is 2.25. The van der Waals surface area contributed by atoms with Gasteiger partial charge in [-0.2, -0.15) is 0 Å². The average molecular weight is 194 g/mol. The Morgan fingerprint density at radius 2 is 2.07 bits per heavy atom. The van der Waals surface area contributed by atoms with E-state index < -0.39 is 0 Å². The van der Waals surface area contributed by atoms with E-state index >= 15 is 0 Å². The van der Waals surface area contributed by atoms with Crippen LogP contribution in [0.3, 0.4) is 0 Å². The smallest absolute Gasteiger partial charge is 0.124 e. The Hall–Kier alpha value is -1.02. The van der Waals surface area contributed by atoms with Crippen molar-refractivity contribution in [3.05, 3.63) is 35.1 Å². The fourth-order valence-electron chi connectivity index (χ4n) is 1.57. The molecule has 0 bridgehead atoms. The Bertz CT molecular complexity index is 295. The minimum atomic E-state index is -0.103. The second-order valence-corrected chi connectivity index (χ2v) is 4.03. The molecule has 1 rings (SSSR count). The number of hydrogen-bond acceptors (Lipinski definition) is 2. The van der Waals surface area contributed by atoms with Gasteiger partial charge in [0, 0.05) is 5.57 Å². The van der Waals surface area contributed by atoms with Crippen molar-refractivity contribution >= 4 is 0 Å². The Morgan fingerprint density at radius 1 is 1.43 bits per heavy atom. The van der Waals surface area contributed by atoms with E-state index in [2.05, 4.69) is 0 Å². The first-order chi connectivity index (χ1) is 6.56. The van der Waals surface area contributed by atoms with E-state index in [0.717, 1.165) is 5.57 Å². The fraction of sp³-hybridized carbons (Fsp3) is 0.500. The second kappa shape index (κ2) is 4.47. The molecule has 0 aromatic carbocycles. The Morgan fingerprint density at radius 3 is 2.57 bits per heavy atom. The second-order valence-electron chi connectivity index (χ2n) is 4.03. The van der Waals surface area contributed by atoms with Crippen molar-refractivity contribution in [3.8, 4) is 0 Å². The molecule has 0 saturated carbocycles. The first-order valence-electron chi connectivity index (χ1n) is 4.99. The van der Waals surface area contributed by atoms with Crippen molar-refractivity contribution in [3.63, 3.8) is 0 Å². The normalized spacial score (nSPS) is 22.6. The molecular weight excluding hydrogens is 176 g/mol. The van der Waals surface area contributed by atoms with Crippen LogP contribution in [-0.4, -0.2) is 16.8 Å². The number of aliphatic hydroxyl groups excluding tert-OH is 2. The Labute approximate surface area is 85.3 Å². The molecule has 0 aromatic rings. The van der Waals surface area contributed by atoms with Crippen molar-refractivity contribution < 1.29 is 10.2 Å². The van der Waals surface area contributed by atoms with Gasteiger partial charge in [-0.25, -0.2) is 0 Å². The molecule has 1 aliphatic rings. The van der Waals surface area contributed by atoms with Crippen LogP contribution in [0.1, 0.15) is 20.8 Å². The lowest BCUT2D eigenvalue weighted by Crippen LogP contribution is -2.02. The molecule has 0 heterocycles. The van der Waals surface area contributed by atoms with Crippen LogP contribution in [0.5, 0.6) is 0 Å². The molecule has 1 aliphatic carbocycles. The van der Waals surface area contributed by atoms with Gasteiger partial charge >= 0.3 is 0 Å². The van der Waals surface area contributed by atoms with E-state index in [-0.39, 0.29) is 24.2 Å². The van der Waals surface area contributed by atoms with Crippen LogP contribution < -0.4 is 0 Å². The van der Waals surface area contributed by atoms with Gasteiger partial charge in [-0.3, -0.25) is 0 Å². The Balaban J connectivity index is 3.13. The van der Waals surface area contributed by atoms with Gasteiger partial charge in [0.05, 0.1) is 6.61 Å². The topological polar surface area (TPSA) is 40.5 Å². The van der Waals surface area contributed by atoms with Crippen LogP contribution in [-0.2, 0) is 0 Å². The SMILES string of the molecule is CC1C=CC(C(C)C)=C(O)C(CO)=C1. The highest BCUT2D eigenvalue weighted by molar-refractivity contribution is 5.40. The summed E-state index contributed by atoms with van der Waals surface area (Å²) in [7, 11) is 0. The molecule has 0 saturated heterocycles. The summed E-state index contributed by atoms with van der Waals surface area (Å²) in [4.78, 5) is 0. The van der Waals surface area contributed by atoms with Gasteiger partial charge in [0.15, 0.2) is 0 Å². The highest BCUT2D eigenvalue weighted by atomic mass is 16.3. The third kappa shape index (κ3) is 2.26.